The monoisotopic (exact) mass is 179 g/mol. The molecule has 1 nitrogen and oxygen atoms in total. The van der Waals surface area contributed by atoms with E-state index in [2.05, 4.69) is 19.9 Å². The Labute approximate surface area is 82.1 Å². The molecule has 0 N–H and O–H groups in total. The first-order valence-electron chi connectivity index (χ1n) is 5.69. The van der Waals surface area contributed by atoms with Gasteiger partial charge < -0.3 is 0 Å². The molecule has 2 atom stereocenters. The van der Waals surface area contributed by atoms with Crippen molar-refractivity contribution in [1.29, 1.82) is 5.26 Å². The van der Waals surface area contributed by atoms with Crippen LogP contribution in [0.2, 0.25) is 0 Å². The van der Waals surface area contributed by atoms with Crippen LogP contribution in [0.1, 0.15) is 52.4 Å². The number of nitrogens with zero attached hydrogens (tertiary/aromatic N) is 1. The van der Waals surface area contributed by atoms with Crippen molar-refractivity contribution >= 4 is 0 Å². The Morgan fingerprint density at radius 2 is 1.92 bits per heavy atom. The maximum Gasteiger partial charge on any atom is 0.0661 e. The van der Waals surface area contributed by atoms with Crippen LogP contribution in [0, 0.1) is 29.1 Å². The molecule has 0 radical (unpaired) electrons. The molecule has 1 aliphatic carbocycles. The summed E-state index contributed by atoms with van der Waals surface area (Å²) in [6.45, 7) is 4.42. The molecular weight excluding hydrogens is 158 g/mol. The lowest BCUT2D eigenvalue weighted by atomic mass is 9.75. The van der Waals surface area contributed by atoms with Crippen LogP contribution >= 0.6 is 0 Å². The molecule has 1 aliphatic rings. The van der Waals surface area contributed by atoms with E-state index in [4.69, 9.17) is 5.26 Å². The number of hydrogen-bond donors (Lipinski definition) is 0. The molecule has 1 saturated carbocycles. The molecular formula is C12H21N. The minimum Gasteiger partial charge on any atom is -0.198 e. The van der Waals surface area contributed by atoms with Crippen molar-refractivity contribution < 1.29 is 0 Å². The van der Waals surface area contributed by atoms with E-state index in [0.29, 0.717) is 17.8 Å². The molecule has 2 unspecified atom stereocenters. The third-order valence-electron chi connectivity index (χ3n) is 3.56. The molecule has 0 heterocycles. The highest BCUT2D eigenvalue weighted by Crippen LogP contribution is 2.34. The first kappa shape index (κ1) is 10.6. The summed E-state index contributed by atoms with van der Waals surface area (Å²) in [5.74, 6) is 1.62. The van der Waals surface area contributed by atoms with E-state index in [1.165, 1.54) is 32.1 Å². The average Bonchev–Trinajstić information content (AvgIpc) is 2.20. The third-order valence-corrected chi connectivity index (χ3v) is 3.56. The lowest BCUT2D eigenvalue weighted by molar-refractivity contribution is 0.231. The summed E-state index contributed by atoms with van der Waals surface area (Å²) in [7, 11) is 0. The lowest BCUT2D eigenvalue weighted by Crippen LogP contribution is -2.22. The predicted molar refractivity (Wildman–Crippen MR) is 55.1 cm³/mol. The third kappa shape index (κ3) is 2.72. The largest absolute Gasteiger partial charge is 0.198 e. The number of rotatable bonds is 3. The van der Waals surface area contributed by atoms with E-state index in [0.717, 1.165) is 6.42 Å². The molecule has 74 valence electrons. The fourth-order valence-electron chi connectivity index (χ4n) is 2.44. The maximum atomic E-state index is 9.13. The SMILES string of the molecule is CCC(C)C(C#N)C1CCCCC1. The van der Waals surface area contributed by atoms with Crippen molar-refractivity contribution in [3.63, 3.8) is 0 Å². The summed E-state index contributed by atoms with van der Waals surface area (Å²) in [6.07, 6.45) is 7.81. The standard InChI is InChI=1S/C12H21N/c1-3-10(2)12(9-13)11-7-5-4-6-8-11/h10-12H,3-8H2,1-2H3. The molecule has 1 rings (SSSR count). The molecule has 0 aromatic heterocycles. The molecule has 13 heavy (non-hydrogen) atoms. The number of hydrogen-bond acceptors (Lipinski definition) is 1. The van der Waals surface area contributed by atoms with Gasteiger partial charge in [-0.1, -0.05) is 39.5 Å². The van der Waals surface area contributed by atoms with Gasteiger partial charge in [-0.2, -0.15) is 5.26 Å². The Balaban J connectivity index is 2.50. The van der Waals surface area contributed by atoms with Gasteiger partial charge in [-0.15, -0.1) is 0 Å². The second kappa shape index (κ2) is 5.27. The zero-order valence-electron chi connectivity index (χ0n) is 8.92. The quantitative estimate of drug-likeness (QED) is 0.647. The van der Waals surface area contributed by atoms with Crippen LogP contribution in [0.25, 0.3) is 0 Å². The highest BCUT2D eigenvalue weighted by atomic mass is 14.4. The van der Waals surface area contributed by atoms with Gasteiger partial charge in [0.15, 0.2) is 0 Å². The van der Waals surface area contributed by atoms with Gasteiger partial charge in [0.2, 0.25) is 0 Å². The summed E-state index contributed by atoms with van der Waals surface area (Å²) >= 11 is 0. The smallest absolute Gasteiger partial charge is 0.0661 e. The normalized spacial score (nSPS) is 23.5. The summed E-state index contributed by atoms with van der Waals surface area (Å²) in [4.78, 5) is 0. The second-order valence-electron chi connectivity index (χ2n) is 4.44. The van der Waals surface area contributed by atoms with Gasteiger partial charge in [0, 0.05) is 0 Å². The van der Waals surface area contributed by atoms with Gasteiger partial charge in [-0.05, 0) is 24.7 Å². The van der Waals surface area contributed by atoms with E-state index in [-0.39, 0.29) is 0 Å². The zero-order valence-corrected chi connectivity index (χ0v) is 8.92. The minimum absolute atomic E-state index is 0.324. The van der Waals surface area contributed by atoms with Crippen molar-refractivity contribution in [2.24, 2.45) is 17.8 Å². The van der Waals surface area contributed by atoms with Crippen LogP contribution in [0.3, 0.4) is 0 Å². The second-order valence-corrected chi connectivity index (χ2v) is 4.44. The molecule has 1 fully saturated rings. The van der Waals surface area contributed by atoms with Crippen molar-refractivity contribution in [3.8, 4) is 6.07 Å². The van der Waals surface area contributed by atoms with Crippen molar-refractivity contribution in [2.45, 2.75) is 52.4 Å². The Morgan fingerprint density at radius 3 is 2.38 bits per heavy atom. The van der Waals surface area contributed by atoms with E-state index in [1.54, 1.807) is 0 Å². The van der Waals surface area contributed by atoms with Crippen molar-refractivity contribution in [1.82, 2.24) is 0 Å². The van der Waals surface area contributed by atoms with Gasteiger partial charge in [0.1, 0.15) is 0 Å². The van der Waals surface area contributed by atoms with Gasteiger partial charge in [-0.25, -0.2) is 0 Å². The first-order valence-corrected chi connectivity index (χ1v) is 5.69. The Morgan fingerprint density at radius 1 is 1.31 bits per heavy atom. The Bertz CT molecular complexity index is 174. The molecule has 0 aliphatic heterocycles. The lowest BCUT2D eigenvalue weighted by Gasteiger charge is -2.29. The molecule has 0 aromatic carbocycles. The summed E-state index contributed by atoms with van der Waals surface area (Å²) in [5, 5.41) is 9.13. The summed E-state index contributed by atoms with van der Waals surface area (Å²) in [6, 6.07) is 2.52. The fourth-order valence-corrected chi connectivity index (χ4v) is 2.44. The summed E-state index contributed by atoms with van der Waals surface area (Å²) in [5.41, 5.74) is 0. The molecule has 0 amide bonds. The van der Waals surface area contributed by atoms with Crippen LogP contribution in [-0.2, 0) is 0 Å². The Hall–Kier alpha value is -0.510. The molecule has 0 aromatic rings. The van der Waals surface area contributed by atoms with Crippen LogP contribution in [0.4, 0.5) is 0 Å². The van der Waals surface area contributed by atoms with Crippen LogP contribution < -0.4 is 0 Å². The molecule has 0 saturated heterocycles. The first-order chi connectivity index (χ1) is 6.29. The van der Waals surface area contributed by atoms with Gasteiger partial charge >= 0.3 is 0 Å². The van der Waals surface area contributed by atoms with Gasteiger partial charge in [-0.3, -0.25) is 0 Å². The van der Waals surface area contributed by atoms with Crippen molar-refractivity contribution in [3.05, 3.63) is 0 Å². The van der Waals surface area contributed by atoms with Crippen LogP contribution in [-0.4, -0.2) is 0 Å². The maximum absolute atomic E-state index is 9.13. The highest BCUT2D eigenvalue weighted by Gasteiger charge is 2.26. The Kier molecular flexibility index (Phi) is 4.28. The fraction of sp³-hybridized carbons (Fsp3) is 0.917. The minimum atomic E-state index is 0.324. The van der Waals surface area contributed by atoms with E-state index >= 15 is 0 Å². The van der Waals surface area contributed by atoms with E-state index < -0.39 is 0 Å². The van der Waals surface area contributed by atoms with E-state index in [1.807, 2.05) is 0 Å². The predicted octanol–water partition coefficient (Wildman–Crippen LogP) is 3.75. The van der Waals surface area contributed by atoms with Crippen LogP contribution in [0.15, 0.2) is 0 Å². The van der Waals surface area contributed by atoms with Gasteiger partial charge in [0.05, 0.1) is 12.0 Å². The topological polar surface area (TPSA) is 23.8 Å². The molecule has 0 bridgehead atoms. The molecule has 1 heteroatoms. The average molecular weight is 179 g/mol. The zero-order chi connectivity index (χ0) is 9.68. The molecule has 0 spiro atoms. The van der Waals surface area contributed by atoms with Crippen LogP contribution in [0.5, 0.6) is 0 Å². The highest BCUT2D eigenvalue weighted by molar-refractivity contribution is 4.92. The summed E-state index contributed by atoms with van der Waals surface area (Å²) < 4.78 is 0. The van der Waals surface area contributed by atoms with Gasteiger partial charge in [0.25, 0.3) is 0 Å². The van der Waals surface area contributed by atoms with Crippen molar-refractivity contribution in [2.75, 3.05) is 0 Å². The number of nitriles is 1. The van der Waals surface area contributed by atoms with E-state index in [9.17, 15) is 0 Å².